The highest BCUT2D eigenvalue weighted by atomic mass is 19.4. The number of hydrogen-bond donors (Lipinski definition) is 2. The number of hydrogen-bond acceptors (Lipinski definition) is 3. The van der Waals surface area contributed by atoms with Gasteiger partial charge in [0.15, 0.2) is 0 Å². The third kappa shape index (κ3) is 3.25. The Morgan fingerprint density at radius 1 is 1.32 bits per heavy atom. The number of aromatic amines is 1. The first kappa shape index (κ1) is 17.8. The minimum absolute atomic E-state index is 0.0339. The van der Waals surface area contributed by atoms with Crippen molar-refractivity contribution in [1.29, 1.82) is 0 Å². The molecule has 1 aliphatic heterocycles. The van der Waals surface area contributed by atoms with Crippen LogP contribution >= 0.6 is 0 Å². The van der Waals surface area contributed by atoms with Gasteiger partial charge in [-0.1, -0.05) is 6.92 Å². The number of anilines is 1. The number of benzene rings is 1. The number of fused-ring (bicyclic) bond motifs is 1. The molecule has 0 aliphatic carbocycles. The van der Waals surface area contributed by atoms with Crippen molar-refractivity contribution in [2.45, 2.75) is 57.5 Å². The van der Waals surface area contributed by atoms with Crippen LogP contribution in [0.2, 0.25) is 0 Å². The quantitative estimate of drug-likeness (QED) is 0.884. The fourth-order valence-corrected chi connectivity index (χ4v) is 3.75. The fraction of sp³-hybridized carbons (Fsp3) is 0.500. The van der Waals surface area contributed by atoms with Gasteiger partial charge < -0.3 is 15.0 Å². The molecule has 136 valence electrons. The number of pyridine rings is 1. The summed E-state index contributed by atoms with van der Waals surface area (Å²) in [6.45, 7) is 3.89. The number of nitrogens with zero attached hydrogens (tertiary/aromatic N) is 1. The van der Waals surface area contributed by atoms with Crippen molar-refractivity contribution in [3.05, 3.63) is 40.2 Å². The molecular formula is C18H21F3N2O2. The Labute approximate surface area is 143 Å². The van der Waals surface area contributed by atoms with Crippen LogP contribution < -0.4 is 10.5 Å². The summed E-state index contributed by atoms with van der Waals surface area (Å²) in [6, 6.07) is 5.27. The normalized spacial score (nSPS) is 22.6. The van der Waals surface area contributed by atoms with Gasteiger partial charge in [0.2, 0.25) is 5.56 Å². The zero-order valence-electron chi connectivity index (χ0n) is 14.1. The van der Waals surface area contributed by atoms with Crippen molar-refractivity contribution in [3.63, 3.8) is 0 Å². The molecule has 0 spiro atoms. The molecule has 2 heterocycles. The van der Waals surface area contributed by atoms with E-state index >= 15 is 0 Å². The first-order valence-corrected chi connectivity index (χ1v) is 8.43. The number of nitrogens with one attached hydrogen (secondary N) is 1. The molecule has 25 heavy (non-hydrogen) atoms. The summed E-state index contributed by atoms with van der Waals surface area (Å²) in [6.07, 6.45) is -2.88. The van der Waals surface area contributed by atoms with Crippen LogP contribution in [-0.2, 0) is 6.18 Å². The van der Waals surface area contributed by atoms with Gasteiger partial charge in [-0.05, 0) is 44.4 Å². The van der Waals surface area contributed by atoms with E-state index in [1.165, 1.54) is 12.1 Å². The second-order valence-electron chi connectivity index (χ2n) is 6.65. The zero-order chi connectivity index (χ0) is 18.4. The molecule has 0 bridgehead atoms. The molecule has 0 saturated carbocycles. The second kappa shape index (κ2) is 6.37. The van der Waals surface area contributed by atoms with Crippen molar-refractivity contribution >= 4 is 16.6 Å². The molecule has 2 N–H and O–H groups in total. The van der Waals surface area contributed by atoms with E-state index in [9.17, 15) is 23.1 Å². The van der Waals surface area contributed by atoms with Gasteiger partial charge in [0.25, 0.3) is 0 Å². The number of aliphatic hydroxyl groups is 1. The standard InChI is InChI=1S/C18H21F3N2O2/c1-3-16(24)15-7-4-10(2)23(15)11-5-6-14-12(8-11)13(18(19,20)21)9-17(25)22-14/h5-6,8-10,15-16,24H,3-4,7H2,1-2H3,(H,22,25)/t10-,15?,16+/m0/s1. The third-order valence-electron chi connectivity index (χ3n) is 5.00. The van der Waals surface area contributed by atoms with Crippen LogP contribution in [0.3, 0.4) is 0 Å². The minimum atomic E-state index is -4.61. The molecule has 3 atom stereocenters. The molecule has 1 aliphatic rings. The molecule has 1 aromatic carbocycles. The molecule has 4 nitrogen and oxygen atoms in total. The number of H-pyrrole nitrogens is 1. The second-order valence-corrected chi connectivity index (χ2v) is 6.65. The Bertz CT molecular complexity index is 831. The average Bonchev–Trinajstić information content (AvgIpc) is 2.93. The van der Waals surface area contributed by atoms with Gasteiger partial charge in [0.1, 0.15) is 0 Å². The van der Waals surface area contributed by atoms with Gasteiger partial charge in [0.05, 0.1) is 17.7 Å². The van der Waals surface area contributed by atoms with Gasteiger partial charge in [0, 0.05) is 28.7 Å². The lowest BCUT2D eigenvalue weighted by atomic mass is 10.0. The molecule has 1 unspecified atom stereocenters. The largest absolute Gasteiger partial charge is 0.417 e. The van der Waals surface area contributed by atoms with E-state index in [0.29, 0.717) is 18.2 Å². The van der Waals surface area contributed by atoms with E-state index in [-0.39, 0.29) is 23.0 Å². The lowest BCUT2D eigenvalue weighted by Gasteiger charge is -2.33. The first-order valence-electron chi connectivity index (χ1n) is 8.43. The van der Waals surface area contributed by atoms with E-state index in [1.54, 1.807) is 6.07 Å². The Morgan fingerprint density at radius 3 is 2.68 bits per heavy atom. The molecule has 3 rings (SSSR count). The van der Waals surface area contributed by atoms with E-state index in [0.717, 1.165) is 12.8 Å². The molecular weight excluding hydrogens is 333 g/mol. The van der Waals surface area contributed by atoms with Crippen molar-refractivity contribution in [2.24, 2.45) is 0 Å². The van der Waals surface area contributed by atoms with Crippen LogP contribution in [0.4, 0.5) is 18.9 Å². The van der Waals surface area contributed by atoms with Crippen LogP contribution in [0.25, 0.3) is 10.9 Å². The summed E-state index contributed by atoms with van der Waals surface area (Å²) in [5.41, 5.74) is -0.926. The van der Waals surface area contributed by atoms with Crippen LogP contribution in [-0.4, -0.2) is 28.3 Å². The van der Waals surface area contributed by atoms with Crippen LogP contribution in [0.1, 0.15) is 38.7 Å². The van der Waals surface area contributed by atoms with Crippen LogP contribution in [0, 0.1) is 0 Å². The van der Waals surface area contributed by atoms with E-state index in [2.05, 4.69) is 4.98 Å². The summed E-state index contributed by atoms with van der Waals surface area (Å²) in [4.78, 5) is 16.0. The summed E-state index contributed by atoms with van der Waals surface area (Å²) in [5, 5.41) is 10.2. The Morgan fingerprint density at radius 2 is 2.04 bits per heavy atom. The number of alkyl halides is 3. The fourth-order valence-electron chi connectivity index (χ4n) is 3.75. The summed E-state index contributed by atoms with van der Waals surface area (Å²) in [7, 11) is 0. The number of aromatic nitrogens is 1. The van der Waals surface area contributed by atoms with Crippen molar-refractivity contribution in [1.82, 2.24) is 4.98 Å². The number of rotatable bonds is 3. The molecule has 1 fully saturated rings. The molecule has 0 amide bonds. The Hall–Kier alpha value is -2.02. The SMILES string of the molecule is CC[C@@H](O)C1CC[C@H](C)N1c1ccc2[nH]c(=O)cc(C(F)(F)F)c2c1. The van der Waals surface area contributed by atoms with E-state index in [4.69, 9.17) is 0 Å². The van der Waals surface area contributed by atoms with Gasteiger partial charge >= 0.3 is 6.18 Å². The third-order valence-corrected chi connectivity index (χ3v) is 5.00. The smallest absolute Gasteiger partial charge is 0.391 e. The van der Waals surface area contributed by atoms with Gasteiger partial charge in [-0.15, -0.1) is 0 Å². The van der Waals surface area contributed by atoms with Crippen molar-refractivity contribution in [3.8, 4) is 0 Å². The highest BCUT2D eigenvalue weighted by Crippen LogP contribution is 2.38. The molecule has 2 aromatic rings. The molecule has 0 radical (unpaired) electrons. The topological polar surface area (TPSA) is 56.3 Å². The first-order chi connectivity index (χ1) is 11.7. The van der Waals surface area contributed by atoms with Gasteiger partial charge in [-0.2, -0.15) is 13.2 Å². The van der Waals surface area contributed by atoms with Crippen molar-refractivity contribution < 1.29 is 18.3 Å². The van der Waals surface area contributed by atoms with Crippen molar-refractivity contribution in [2.75, 3.05) is 4.90 Å². The van der Waals surface area contributed by atoms with E-state index in [1.807, 2.05) is 18.7 Å². The lowest BCUT2D eigenvalue weighted by molar-refractivity contribution is -0.136. The molecule has 1 saturated heterocycles. The number of aliphatic hydroxyl groups excluding tert-OH is 1. The monoisotopic (exact) mass is 354 g/mol. The summed E-state index contributed by atoms with van der Waals surface area (Å²) < 4.78 is 40.0. The lowest BCUT2D eigenvalue weighted by Crippen LogP contribution is -2.42. The average molecular weight is 354 g/mol. The Kier molecular flexibility index (Phi) is 4.53. The minimum Gasteiger partial charge on any atom is -0.391 e. The maximum absolute atomic E-state index is 13.3. The maximum atomic E-state index is 13.3. The summed E-state index contributed by atoms with van der Waals surface area (Å²) >= 11 is 0. The van der Waals surface area contributed by atoms with Crippen LogP contribution in [0.15, 0.2) is 29.1 Å². The molecule has 7 heteroatoms. The predicted octanol–water partition coefficient (Wildman–Crippen LogP) is 3.68. The molecule has 1 aromatic heterocycles. The van der Waals surface area contributed by atoms with E-state index < -0.39 is 23.4 Å². The highest BCUT2D eigenvalue weighted by molar-refractivity contribution is 5.86. The summed E-state index contributed by atoms with van der Waals surface area (Å²) in [5.74, 6) is 0. The predicted molar refractivity (Wildman–Crippen MR) is 90.8 cm³/mol. The Balaban J connectivity index is 2.15. The zero-order valence-corrected chi connectivity index (χ0v) is 14.1. The number of halogens is 3. The van der Waals surface area contributed by atoms with Gasteiger partial charge in [-0.25, -0.2) is 0 Å². The van der Waals surface area contributed by atoms with Crippen LogP contribution in [0.5, 0.6) is 0 Å². The highest BCUT2D eigenvalue weighted by Gasteiger charge is 2.36. The van der Waals surface area contributed by atoms with Gasteiger partial charge in [-0.3, -0.25) is 4.79 Å². The maximum Gasteiger partial charge on any atom is 0.417 e.